The molecule has 0 saturated heterocycles. The maximum Gasteiger partial charge on any atom is 0.239 e. The van der Waals surface area contributed by atoms with Crippen LogP contribution in [-0.2, 0) is 6.42 Å². The van der Waals surface area contributed by atoms with Gasteiger partial charge in [0.15, 0.2) is 0 Å². The summed E-state index contributed by atoms with van der Waals surface area (Å²) in [7, 11) is 0. The molecule has 4 nitrogen and oxygen atoms in total. The summed E-state index contributed by atoms with van der Waals surface area (Å²) in [5.74, 6) is 6.03. The molecule has 1 fully saturated rings. The van der Waals surface area contributed by atoms with Crippen molar-refractivity contribution in [1.29, 1.82) is 0 Å². The molecule has 1 saturated carbocycles. The topological polar surface area (TPSA) is 63.8 Å². The van der Waals surface area contributed by atoms with Crippen LogP contribution in [0.2, 0.25) is 0 Å². The van der Waals surface area contributed by atoms with Gasteiger partial charge in [-0.3, -0.25) is 5.43 Å². The molecule has 0 atom stereocenters. The van der Waals surface area contributed by atoms with Gasteiger partial charge in [0.1, 0.15) is 9.86 Å². The number of aryl methyl sites for hydroxylation is 1. The minimum atomic E-state index is 0.528. The largest absolute Gasteiger partial charge is 0.292 e. The second-order valence-corrected chi connectivity index (χ2v) is 7.56. The highest BCUT2D eigenvalue weighted by Gasteiger charge is 2.19. The van der Waals surface area contributed by atoms with Gasteiger partial charge in [-0.05, 0) is 25.3 Å². The van der Waals surface area contributed by atoms with Crippen molar-refractivity contribution in [2.24, 2.45) is 5.84 Å². The Morgan fingerprint density at radius 2 is 2.15 bits per heavy atom. The number of rotatable bonds is 4. The lowest BCUT2D eigenvalue weighted by molar-refractivity contribution is 0.516. The molecule has 0 amide bonds. The van der Waals surface area contributed by atoms with Crippen molar-refractivity contribution in [1.82, 2.24) is 9.97 Å². The van der Waals surface area contributed by atoms with Gasteiger partial charge in [-0.2, -0.15) is 0 Å². The third-order valence-electron chi connectivity index (χ3n) is 3.72. The quantitative estimate of drug-likeness (QED) is 0.508. The molecule has 3 N–H and O–H groups in total. The lowest BCUT2D eigenvalue weighted by Crippen LogP contribution is -2.12. The first-order valence-corrected chi connectivity index (χ1v) is 8.93. The van der Waals surface area contributed by atoms with Gasteiger partial charge in [0.05, 0.1) is 0 Å². The number of thioether (sulfide) groups is 1. The monoisotopic (exact) mass is 308 g/mol. The molecule has 0 aliphatic heterocycles. The van der Waals surface area contributed by atoms with Crippen LogP contribution in [0.5, 0.6) is 0 Å². The molecule has 0 unspecified atom stereocenters. The molecule has 3 rings (SSSR count). The number of anilines is 1. The summed E-state index contributed by atoms with van der Waals surface area (Å²) in [4.78, 5) is 11.5. The number of thiophene rings is 1. The van der Waals surface area contributed by atoms with E-state index in [1.165, 1.54) is 42.4 Å². The minimum Gasteiger partial charge on any atom is -0.292 e. The van der Waals surface area contributed by atoms with Gasteiger partial charge in [-0.25, -0.2) is 15.8 Å². The minimum absolute atomic E-state index is 0.528. The van der Waals surface area contributed by atoms with E-state index in [1.54, 1.807) is 11.3 Å². The molecule has 0 radical (unpaired) electrons. The molecule has 1 aliphatic carbocycles. The van der Waals surface area contributed by atoms with Gasteiger partial charge in [-0.15, -0.1) is 23.1 Å². The molecule has 6 heteroatoms. The van der Waals surface area contributed by atoms with Crippen molar-refractivity contribution in [2.75, 3.05) is 5.43 Å². The predicted molar refractivity (Wildman–Crippen MR) is 87.3 cm³/mol. The first-order chi connectivity index (χ1) is 9.80. The lowest BCUT2D eigenvalue weighted by Gasteiger charge is -2.20. The van der Waals surface area contributed by atoms with E-state index in [-0.39, 0.29) is 0 Å². The summed E-state index contributed by atoms with van der Waals surface area (Å²) < 4.78 is 0. The van der Waals surface area contributed by atoms with Crippen LogP contribution >= 0.6 is 23.1 Å². The standard InChI is InChI=1S/C14H20N4S2/c1-2-9-8-11-12(19-9)16-14(18-15)17-13(11)20-10-6-4-3-5-7-10/h8,10H,2-7,15H2,1H3,(H,16,17,18). The highest BCUT2D eigenvalue weighted by Crippen LogP contribution is 2.38. The number of hydrogen-bond acceptors (Lipinski definition) is 6. The van der Waals surface area contributed by atoms with Crippen LogP contribution < -0.4 is 11.3 Å². The van der Waals surface area contributed by atoms with Crippen molar-refractivity contribution in [3.05, 3.63) is 10.9 Å². The highest BCUT2D eigenvalue weighted by atomic mass is 32.2. The second-order valence-electron chi connectivity index (χ2n) is 5.16. The molecule has 20 heavy (non-hydrogen) atoms. The van der Waals surface area contributed by atoms with Crippen molar-refractivity contribution in [3.8, 4) is 0 Å². The van der Waals surface area contributed by atoms with Crippen molar-refractivity contribution in [2.45, 2.75) is 55.7 Å². The molecule has 108 valence electrons. The average molecular weight is 308 g/mol. The Hall–Kier alpha value is -0.850. The zero-order valence-corrected chi connectivity index (χ0v) is 13.3. The lowest BCUT2D eigenvalue weighted by atomic mass is 10.0. The summed E-state index contributed by atoms with van der Waals surface area (Å²) in [6, 6.07) is 2.24. The molecular formula is C14H20N4S2. The number of nitrogens with zero attached hydrogens (tertiary/aromatic N) is 2. The summed E-state index contributed by atoms with van der Waals surface area (Å²) in [5.41, 5.74) is 2.60. The fourth-order valence-corrected chi connectivity index (χ4v) is 4.95. The van der Waals surface area contributed by atoms with Crippen LogP contribution in [0.4, 0.5) is 5.95 Å². The fourth-order valence-electron chi connectivity index (χ4n) is 2.61. The fraction of sp³-hybridized carbons (Fsp3) is 0.571. The molecule has 0 spiro atoms. The number of hydrazine groups is 1. The maximum atomic E-state index is 5.50. The van der Waals surface area contributed by atoms with E-state index >= 15 is 0 Å². The summed E-state index contributed by atoms with van der Waals surface area (Å²) in [6.45, 7) is 2.17. The van der Waals surface area contributed by atoms with E-state index in [9.17, 15) is 0 Å². The Morgan fingerprint density at radius 3 is 2.85 bits per heavy atom. The molecule has 2 aromatic heterocycles. The Kier molecular flexibility index (Phi) is 4.43. The SMILES string of the molecule is CCc1cc2c(SC3CCCCC3)nc(NN)nc2s1. The number of aromatic nitrogens is 2. The third-order valence-corrected chi connectivity index (χ3v) is 6.23. The van der Waals surface area contributed by atoms with Crippen molar-refractivity contribution in [3.63, 3.8) is 0 Å². The summed E-state index contributed by atoms with van der Waals surface area (Å²) >= 11 is 3.65. The van der Waals surface area contributed by atoms with Crippen LogP contribution in [0, 0.1) is 0 Å². The Bertz CT molecular complexity index is 590. The van der Waals surface area contributed by atoms with E-state index in [2.05, 4.69) is 28.4 Å². The molecular weight excluding hydrogens is 288 g/mol. The van der Waals surface area contributed by atoms with E-state index in [0.29, 0.717) is 11.2 Å². The van der Waals surface area contributed by atoms with Crippen LogP contribution in [0.25, 0.3) is 10.2 Å². The second kappa shape index (κ2) is 6.28. The van der Waals surface area contributed by atoms with Gasteiger partial charge in [0.25, 0.3) is 0 Å². The predicted octanol–water partition coefficient (Wildman–Crippen LogP) is 3.96. The number of nitrogens with two attached hydrogens (primary N) is 1. The number of fused-ring (bicyclic) bond motifs is 1. The molecule has 0 aromatic carbocycles. The van der Waals surface area contributed by atoms with Crippen molar-refractivity contribution < 1.29 is 0 Å². The number of nitrogens with one attached hydrogen (secondary N) is 1. The van der Waals surface area contributed by atoms with Crippen LogP contribution in [0.1, 0.15) is 43.9 Å². The van der Waals surface area contributed by atoms with Crippen LogP contribution in [0.15, 0.2) is 11.1 Å². The number of nitrogen functional groups attached to an aromatic ring is 1. The highest BCUT2D eigenvalue weighted by molar-refractivity contribution is 8.00. The van der Waals surface area contributed by atoms with E-state index < -0.39 is 0 Å². The van der Waals surface area contributed by atoms with Crippen LogP contribution in [-0.4, -0.2) is 15.2 Å². The first-order valence-electron chi connectivity index (χ1n) is 7.24. The summed E-state index contributed by atoms with van der Waals surface area (Å²) in [6.07, 6.45) is 7.71. The average Bonchev–Trinajstić information content (AvgIpc) is 2.91. The number of hydrogen-bond donors (Lipinski definition) is 2. The summed E-state index contributed by atoms with van der Waals surface area (Å²) in [5, 5.41) is 2.98. The van der Waals surface area contributed by atoms with Crippen LogP contribution in [0.3, 0.4) is 0 Å². The Morgan fingerprint density at radius 1 is 1.35 bits per heavy atom. The normalized spacial score (nSPS) is 16.7. The van der Waals surface area contributed by atoms with Gasteiger partial charge in [-0.1, -0.05) is 26.2 Å². The van der Waals surface area contributed by atoms with E-state index in [1.807, 2.05) is 11.8 Å². The molecule has 2 heterocycles. The maximum absolute atomic E-state index is 5.50. The first kappa shape index (κ1) is 14.1. The van der Waals surface area contributed by atoms with Crippen molar-refractivity contribution >= 4 is 39.3 Å². The zero-order valence-electron chi connectivity index (χ0n) is 11.7. The van der Waals surface area contributed by atoms with Gasteiger partial charge in [0, 0.05) is 15.5 Å². The zero-order chi connectivity index (χ0) is 13.9. The smallest absolute Gasteiger partial charge is 0.239 e. The third kappa shape index (κ3) is 2.92. The Balaban J connectivity index is 1.95. The van der Waals surface area contributed by atoms with Gasteiger partial charge in [0.2, 0.25) is 5.95 Å². The van der Waals surface area contributed by atoms with E-state index in [0.717, 1.165) is 16.3 Å². The molecule has 1 aliphatic rings. The molecule has 0 bridgehead atoms. The Labute approximate surface area is 127 Å². The van der Waals surface area contributed by atoms with Gasteiger partial charge < -0.3 is 0 Å². The molecule has 2 aromatic rings. The van der Waals surface area contributed by atoms with Gasteiger partial charge >= 0.3 is 0 Å². The van der Waals surface area contributed by atoms with E-state index in [4.69, 9.17) is 5.84 Å².